The summed E-state index contributed by atoms with van der Waals surface area (Å²) in [5.74, 6) is -1.30. The molecule has 0 amide bonds. The first kappa shape index (κ1) is 13.4. The Morgan fingerprint density at radius 1 is 1.65 bits per heavy atom. The van der Waals surface area contributed by atoms with Crippen LogP contribution >= 0.6 is 0 Å². The van der Waals surface area contributed by atoms with Crippen molar-refractivity contribution < 1.29 is 17.9 Å². The molecule has 0 aliphatic carbocycles. The third-order valence-corrected chi connectivity index (χ3v) is 3.73. The zero-order chi connectivity index (χ0) is 12.9. The molecule has 0 saturated carbocycles. The topological polar surface area (TPSA) is 73.3 Å². The smallest absolute Gasteiger partial charge is 0.303 e. The second kappa shape index (κ2) is 5.58. The van der Waals surface area contributed by atoms with Crippen LogP contribution < -0.4 is 0 Å². The molecule has 5 nitrogen and oxygen atoms in total. The van der Waals surface area contributed by atoms with E-state index >= 15 is 0 Å². The van der Waals surface area contributed by atoms with E-state index in [1.165, 1.54) is 12.3 Å². The molecule has 6 heteroatoms. The molecular formula is C11H13NO4S. The summed E-state index contributed by atoms with van der Waals surface area (Å²) in [5, 5.41) is -0.921. The lowest BCUT2D eigenvalue weighted by molar-refractivity contribution is -0.138. The molecular weight excluding hydrogens is 242 g/mol. The van der Waals surface area contributed by atoms with E-state index in [4.69, 9.17) is 0 Å². The minimum absolute atomic E-state index is 0.495. The van der Waals surface area contributed by atoms with Gasteiger partial charge in [0.05, 0.1) is 0 Å². The highest BCUT2D eigenvalue weighted by atomic mass is 32.2. The molecule has 0 radical (unpaired) electrons. The third-order valence-electron chi connectivity index (χ3n) is 2.04. The summed E-state index contributed by atoms with van der Waals surface area (Å²) in [6.45, 7) is 4.64. The van der Waals surface area contributed by atoms with Crippen LogP contribution in [-0.4, -0.2) is 25.3 Å². The van der Waals surface area contributed by atoms with Crippen LogP contribution in [0.25, 0.3) is 0 Å². The van der Waals surface area contributed by atoms with Crippen LogP contribution in [0.3, 0.4) is 0 Å². The Hall–Kier alpha value is -1.69. The number of hydrogen-bond donors (Lipinski definition) is 0. The van der Waals surface area contributed by atoms with Gasteiger partial charge in [-0.3, -0.25) is 9.78 Å². The van der Waals surface area contributed by atoms with Crippen molar-refractivity contribution in [2.45, 2.75) is 12.2 Å². The summed E-state index contributed by atoms with van der Waals surface area (Å²) in [6.07, 6.45) is 4.27. The highest BCUT2D eigenvalue weighted by Gasteiger charge is 2.25. The molecule has 1 aromatic rings. The maximum Gasteiger partial charge on any atom is 0.303 e. The van der Waals surface area contributed by atoms with Crippen LogP contribution in [0.1, 0.15) is 17.7 Å². The van der Waals surface area contributed by atoms with Gasteiger partial charge in [0, 0.05) is 19.3 Å². The van der Waals surface area contributed by atoms with E-state index in [1.54, 1.807) is 18.3 Å². The normalized spacial score (nSPS) is 12.8. The Morgan fingerprint density at radius 2 is 2.35 bits per heavy atom. The lowest BCUT2D eigenvalue weighted by Gasteiger charge is -2.13. The predicted octanol–water partition coefficient (Wildman–Crippen LogP) is 1.24. The van der Waals surface area contributed by atoms with Crippen molar-refractivity contribution in [1.29, 1.82) is 0 Å². The van der Waals surface area contributed by atoms with Crippen molar-refractivity contribution in [3.63, 3.8) is 0 Å². The van der Waals surface area contributed by atoms with E-state index in [0.29, 0.717) is 5.56 Å². The van der Waals surface area contributed by atoms with Gasteiger partial charge in [-0.1, -0.05) is 12.1 Å². The monoisotopic (exact) mass is 255 g/mol. The summed E-state index contributed by atoms with van der Waals surface area (Å²) < 4.78 is 28.3. The number of nitrogens with zero attached hydrogens (tertiary/aromatic N) is 1. The van der Waals surface area contributed by atoms with Gasteiger partial charge in [0.1, 0.15) is 5.25 Å². The number of aromatic nitrogens is 1. The van der Waals surface area contributed by atoms with Gasteiger partial charge in [0.2, 0.25) is 0 Å². The number of hydrogen-bond acceptors (Lipinski definition) is 5. The predicted molar refractivity (Wildman–Crippen MR) is 62.7 cm³/mol. The SMILES string of the molecule is C=CC(c1cccnc1)S(=O)(=O)COC(C)=O. The van der Waals surface area contributed by atoms with Crippen molar-refractivity contribution in [3.05, 3.63) is 42.7 Å². The number of carbonyl (C=O) groups is 1. The van der Waals surface area contributed by atoms with Gasteiger partial charge < -0.3 is 4.74 Å². The average Bonchev–Trinajstić information content (AvgIpc) is 2.29. The van der Waals surface area contributed by atoms with Gasteiger partial charge in [-0.2, -0.15) is 0 Å². The summed E-state index contributed by atoms with van der Waals surface area (Å²) in [6, 6.07) is 3.26. The summed E-state index contributed by atoms with van der Waals surface area (Å²) in [4.78, 5) is 14.5. The lowest BCUT2D eigenvalue weighted by Crippen LogP contribution is -2.18. The summed E-state index contributed by atoms with van der Waals surface area (Å²) in [5.41, 5.74) is 0.495. The number of sulfone groups is 1. The van der Waals surface area contributed by atoms with Crippen LogP contribution in [0.15, 0.2) is 37.2 Å². The largest absolute Gasteiger partial charge is 0.449 e. The zero-order valence-electron chi connectivity index (χ0n) is 9.37. The molecule has 1 aromatic heterocycles. The first-order valence-electron chi connectivity index (χ1n) is 4.85. The fraction of sp³-hybridized carbons (Fsp3) is 0.273. The van der Waals surface area contributed by atoms with E-state index in [2.05, 4.69) is 16.3 Å². The number of carbonyl (C=O) groups excluding carboxylic acids is 1. The Morgan fingerprint density at radius 3 is 2.82 bits per heavy atom. The minimum atomic E-state index is -3.62. The number of esters is 1. The van der Waals surface area contributed by atoms with Gasteiger partial charge >= 0.3 is 5.97 Å². The van der Waals surface area contributed by atoms with Gasteiger partial charge in [-0.15, -0.1) is 6.58 Å². The third kappa shape index (κ3) is 3.67. The molecule has 1 unspecified atom stereocenters. The Balaban J connectivity index is 2.95. The molecule has 1 heterocycles. The fourth-order valence-electron chi connectivity index (χ4n) is 1.27. The summed E-state index contributed by atoms with van der Waals surface area (Å²) in [7, 11) is -3.62. The van der Waals surface area contributed by atoms with Gasteiger partial charge in [0.15, 0.2) is 15.8 Å². The molecule has 0 saturated heterocycles. The van der Waals surface area contributed by atoms with Crippen LogP contribution in [0.5, 0.6) is 0 Å². The summed E-state index contributed by atoms with van der Waals surface area (Å²) >= 11 is 0. The molecule has 17 heavy (non-hydrogen) atoms. The maximum atomic E-state index is 11.9. The van der Waals surface area contributed by atoms with Crippen LogP contribution in [-0.2, 0) is 19.4 Å². The van der Waals surface area contributed by atoms with Crippen molar-refractivity contribution in [2.75, 3.05) is 5.94 Å². The maximum absolute atomic E-state index is 11.9. The van der Waals surface area contributed by atoms with E-state index < -0.39 is 27.0 Å². The number of ether oxygens (including phenoxy) is 1. The van der Waals surface area contributed by atoms with Crippen LogP contribution in [0.2, 0.25) is 0 Å². The number of rotatable bonds is 5. The molecule has 0 spiro atoms. The van der Waals surface area contributed by atoms with Crippen LogP contribution in [0, 0.1) is 0 Å². The van der Waals surface area contributed by atoms with Crippen molar-refractivity contribution in [3.8, 4) is 0 Å². The molecule has 0 bridgehead atoms. The van der Waals surface area contributed by atoms with E-state index in [0.717, 1.165) is 6.92 Å². The fourth-order valence-corrected chi connectivity index (χ4v) is 2.60. The first-order chi connectivity index (χ1) is 7.97. The highest BCUT2D eigenvalue weighted by Crippen LogP contribution is 2.23. The standard InChI is InChI=1S/C11H13NO4S/c1-3-11(10-5-4-6-12-7-10)17(14,15)8-16-9(2)13/h3-7,11H,1,8H2,2H3. The van der Waals surface area contributed by atoms with Gasteiger partial charge in [-0.05, 0) is 11.6 Å². The second-order valence-electron chi connectivity index (χ2n) is 3.36. The molecule has 1 rings (SSSR count). The van der Waals surface area contributed by atoms with E-state index in [1.807, 2.05) is 0 Å². The van der Waals surface area contributed by atoms with E-state index in [9.17, 15) is 13.2 Å². The molecule has 0 aliphatic heterocycles. The molecule has 1 atom stereocenters. The lowest BCUT2D eigenvalue weighted by atomic mass is 10.2. The number of pyridine rings is 1. The van der Waals surface area contributed by atoms with Crippen molar-refractivity contribution in [2.24, 2.45) is 0 Å². The zero-order valence-corrected chi connectivity index (χ0v) is 10.2. The van der Waals surface area contributed by atoms with Crippen molar-refractivity contribution in [1.82, 2.24) is 4.98 Å². The van der Waals surface area contributed by atoms with Crippen molar-refractivity contribution >= 4 is 15.8 Å². The molecule has 0 N–H and O–H groups in total. The molecule has 92 valence electrons. The Labute approximate surface area is 100 Å². The second-order valence-corrected chi connectivity index (χ2v) is 5.43. The van der Waals surface area contributed by atoms with Gasteiger partial charge in [-0.25, -0.2) is 8.42 Å². The Bertz CT molecular complexity index is 495. The first-order valence-corrected chi connectivity index (χ1v) is 6.56. The molecule has 0 fully saturated rings. The molecule has 0 aliphatic rings. The van der Waals surface area contributed by atoms with Gasteiger partial charge in [0.25, 0.3) is 0 Å². The van der Waals surface area contributed by atoms with Crippen LogP contribution in [0.4, 0.5) is 0 Å². The minimum Gasteiger partial charge on any atom is -0.449 e. The highest BCUT2D eigenvalue weighted by molar-refractivity contribution is 7.91. The average molecular weight is 255 g/mol. The Kier molecular flexibility index (Phi) is 4.39. The molecule has 0 aromatic carbocycles. The van der Waals surface area contributed by atoms with E-state index in [-0.39, 0.29) is 0 Å². The quantitative estimate of drug-likeness (QED) is 0.584.